The number of nitrogens with one attached hydrogen (secondary N) is 1. The second-order valence-corrected chi connectivity index (χ2v) is 8.39. The molecule has 0 radical (unpaired) electrons. The zero-order valence-corrected chi connectivity index (χ0v) is 15.0. The Hall–Kier alpha value is -0.920. The molecule has 1 heterocycles. The minimum atomic E-state index is -3.36. The highest BCUT2D eigenvalue weighted by Crippen LogP contribution is 2.23. The molecular weight excluding hydrogens is 368 g/mol. The Morgan fingerprint density at radius 2 is 2.00 bits per heavy atom. The molecule has 122 valence electrons. The van der Waals surface area contributed by atoms with E-state index in [9.17, 15) is 13.2 Å². The molecule has 0 bridgehead atoms. The number of anilines is 1. The van der Waals surface area contributed by atoms with Crippen LogP contribution in [-0.2, 0) is 14.8 Å². The number of benzene rings is 1. The van der Waals surface area contributed by atoms with E-state index in [1.807, 2.05) is 19.1 Å². The van der Waals surface area contributed by atoms with Crippen LogP contribution in [0.2, 0.25) is 0 Å². The van der Waals surface area contributed by atoms with Gasteiger partial charge in [-0.3, -0.25) is 4.79 Å². The van der Waals surface area contributed by atoms with Gasteiger partial charge in [0.25, 0.3) is 0 Å². The highest BCUT2D eigenvalue weighted by molar-refractivity contribution is 9.10. The van der Waals surface area contributed by atoms with Gasteiger partial charge in [-0.1, -0.05) is 29.3 Å². The largest absolute Gasteiger partial charge is 0.325 e. The SMILES string of the molecule is CCCS(=O)(=O)N1CCCCC1C(=O)Nc1ccc(Br)cc1. The maximum absolute atomic E-state index is 12.5. The van der Waals surface area contributed by atoms with E-state index in [1.165, 1.54) is 4.31 Å². The van der Waals surface area contributed by atoms with Gasteiger partial charge in [0.2, 0.25) is 15.9 Å². The molecule has 1 saturated heterocycles. The lowest BCUT2D eigenvalue weighted by molar-refractivity contribution is -0.120. The summed E-state index contributed by atoms with van der Waals surface area (Å²) in [5, 5.41) is 2.82. The fourth-order valence-electron chi connectivity index (χ4n) is 2.63. The van der Waals surface area contributed by atoms with Crippen LogP contribution >= 0.6 is 15.9 Å². The number of carbonyl (C=O) groups excluding carboxylic acids is 1. The van der Waals surface area contributed by atoms with Crippen LogP contribution < -0.4 is 5.32 Å². The summed E-state index contributed by atoms with van der Waals surface area (Å²) in [5.41, 5.74) is 0.673. The number of amides is 1. The molecule has 0 saturated carbocycles. The molecule has 1 amide bonds. The highest BCUT2D eigenvalue weighted by atomic mass is 79.9. The van der Waals surface area contributed by atoms with Crippen molar-refractivity contribution in [1.82, 2.24) is 4.31 Å². The molecule has 1 aliphatic heterocycles. The third-order valence-electron chi connectivity index (χ3n) is 3.69. The number of carbonyl (C=O) groups is 1. The van der Waals surface area contributed by atoms with Gasteiger partial charge in [-0.05, 0) is 43.5 Å². The van der Waals surface area contributed by atoms with Crippen LogP contribution in [0.1, 0.15) is 32.6 Å². The molecule has 1 aromatic rings. The van der Waals surface area contributed by atoms with Crippen LogP contribution in [0, 0.1) is 0 Å². The molecule has 7 heteroatoms. The lowest BCUT2D eigenvalue weighted by Crippen LogP contribution is -2.50. The molecule has 1 aromatic carbocycles. The van der Waals surface area contributed by atoms with Crippen molar-refractivity contribution in [2.45, 2.75) is 38.6 Å². The van der Waals surface area contributed by atoms with Crippen molar-refractivity contribution in [2.24, 2.45) is 0 Å². The van der Waals surface area contributed by atoms with Crippen molar-refractivity contribution in [3.8, 4) is 0 Å². The van der Waals surface area contributed by atoms with Crippen LogP contribution in [-0.4, -0.2) is 37.0 Å². The molecular formula is C15H21BrN2O3S. The number of hydrogen-bond acceptors (Lipinski definition) is 3. The summed E-state index contributed by atoms with van der Waals surface area (Å²) in [7, 11) is -3.36. The first kappa shape index (κ1) is 17.4. The number of piperidine rings is 1. The first-order valence-electron chi connectivity index (χ1n) is 7.50. The van der Waals surface area contributed by atoms with Crippen LogP contribution in [0.5, 0.6) is 0 Å². The molecule has 2 rings (SSSR count). The number of rotatable bonds is 5. The van der Waals surface area contributed by atoms with Crippen LogP contribution in [0.4, 0.5) is 5.69 Å². The standard InChI is InChI=1S/C15H21BrN2O3S/c1-2-11-22(20,21)18-10-4-3-5-14(18)15(19)17-13-8-6-12(16)7-9-13/h6-9,14H,2-5,10-11H2,1H3,(H,17,19). The summed E-state index contributed by atoms with van der Waals surface area (Å²) in [6.45, 7) is 2.26. The van der Waals surface area contributed by atoms with Crippen molar-refractivity contribution < 1.29 is 13.2 Å². The van der Waals surface area contributed by atoms with Gasteiger partial charge in [0.05, 0.1) is 5.75 Å². The fourth-order valence-corrected chi connectivity index (χ4v) is 4.64. The Kier molecular flexibility index (Phi) is 6.00. The van der Waals surface area contributed by atoms with Gasteiger partial charge < -0.3 is 5.32 Å². The van der Waals surface area contributed by atoms with Gasteiger partial charge in [0.15, 0.2) is 0 Å². The van der Waals surface area contributed by atoms with Gasteiger partial charge in [-0.15, -0.1) is 0 Å². The van der Waals surface area contributed by atoms with E-state index in [0.29, 0.717) is 25.1 Å². The number of hydrogen-bond donors (Lipinski definition) is 1. The Balaban J connectivity index is 2.13. The van der Waals surface area contributed by atoms with Crippen LogP contribution in [0.3, 0.4) is 0 Å². The summed E-state index contributed by atoms with van der Waals surface area (Å²) in [4.78, 5) is 12.5. The highest BCUT2D eigenvalue weighted by Gasteiger charge is 2.36. The minimum absolute atomic E-state index is 0.0923. The predicted molar refractivity (Wildman–Crippen MR) is 91.2 cm³/mol. The van der Waals surface area contributed by atoms with E-state index in [1.54, 1.807) is 12.1 Å². The van der Waals surface area contributed by atoms with E-state index in [4.69, 9.17) is 0 Å². The van der Waals surface area contributed by atoms with Gasteiger partial charge in [0.1, 0.15) is 6.04 Å². The number of halogens is 1. The molecule has 5 nitrogen and oxygen atoms in total. The minimum Gasteiger partial charge on any atom is -0.325 e. The van der Waals surface area contributed by atoms with Crippen LogP contribution in [0.25, 0.3) is 0 Å². The normalized spacial score (nSPS) is 19.8. The predicted octanol–water partition coefficient (Wildman–Crippen LogP) is 2.98. The van der Waals surface area contributed by atoms with Crippen molar-refractivity contribution in [3.63, 3.8) is 0 Å². The summed E-state index contributed by atoms with van der Waals surface area (Å²) < 4.78 is 27.0. The Morgan fingerprint density at radius 1 is 1.32 bits per heavy atom. The van der Waals surface area contributed by atoms with Crippen molar-refractivity contribution in [1.29, 1.82) is 0 Å². The Labute approximate surface area is 140 Å². The molecule has 1 aliphatic rings. The molecule has 0 aliphatic carbocycles. The van der Waals surface area contributed by atoms with Gasteiger partial charge in [0, 0.05) is 16.7 Å². The second-order valence-electron chi connectivity index (χ2n) is 5.43. The zero-order valence-electron chi connectivity index (χ0n) is 12.6. The van der Waals surface area contributed by atoms with Crippen molar-refractivity contribution >= 4 is 37.5 Å². The summed E-state index contributed by atoms with van der Waals surface area (Å²) in [6, 6.07) is 6.64. The molecule has 1 N–H and O–H groups in total. The van der Waals surface area contributed by atoms with Crippen molar-refractivity contribution in [3.05, 3.63) is 28.7 Å². The van der Waals surface area contributed by atoms with E-state index < -0.39 is 16.1 Å². The number of sulfonamides is 1. The molecule has 1 unspecified atom stereocenters. The first-order chi connectivity index (χ1) is 10.4. The second kappa shape index (κ2) is 7.57. The molecule has 1 atom stereocenters. The van der Waals surface area contributed by atoms with E-state index in [2.05, 4.69) is 21.2 Å². The Bertz CT molecular complexity index is 616. The molecule has 0 aromatic heterocycles. The molecule has 22 heavy (non-hydrogen) atoms. The molecule has 0 spiro atoms. The topological polar surface area (TPSA) is 66.5 Å². The average Bonchev–Trinajstić information content (AvgIpc) is 2.49. The van der Waals surface area contributed by atoms with Gasteiger partial charge in [-0.25, -0.2) is 8.42 Å². The van der Waals surface area contributed by atoms with E-state index in [0.717, 1.165) is 17.3 Å². The molecule has 1 fully saturated rings. The number of nitrogens with zero attached hydrogens (tertiary/aromatic N) is 1. The Morgan fingerprint density at radius 3 is 2.64 bits per heavy atom. The smallest absolute Gasteiger partial charge is 0.242 e. The zero-order chi connectivity index (χ0) is 16.2. The lowest BCUT2D eigenvalue weighted by Gasteiger charge is -2.33. The lowest BCUT2D eigenvalue weighted by atomic mass is 10.0. The third kappa shape index (κ3) is 4.30. The van der Waals surface area contributed by atoms with E-state index in [-0.39, 0.29) is 11.7 Å². The monoisotopic (exact) mass is 388 g/mol. The summed E-state index contributed by atoms with van der Waals surface area (Å²) >= 11 is 3.34. The first-order valence-corrected chi connectivity index (χ1v) is 9.90. The quantitative estimate of drug-likeness (QED) is 0.842. The summed E-state index contributed by atoms with van der Waals surface area (Å²) in [5.74, 6) is -0.156. The van der Waals surface area contributed by atoms with Gasteiger partial charge >= 0.3 is 0 Å². The average molecular weight is 389 g/mol. The van der Waals surface area contributed by atoms with Crippen LogP contribution in [0.15, 0.2) is 28.7 Å². The van der Waals surface area contributed by atoms with Gasteiger partial charge in [-0.2, -0.15) is 4.31 Å². The van der Waals surface area contributed by atoms with E-state index >= 15 is 0 Å². The third-order valence-corrected chi connectivity index (χ3v) is 6.29. The van der Waals surface area contributed by atoms with Crippen molar-refractivity contribution in [2.75, 3.05) is 17.6 Å². The maximum atomic E-state index is 12.5. The fraction of sp³-hybridized carbons (Fsp3) is 0.533. The summed E-state index contributed by atoms with van der Waals surface area (Å²) in [6.07, 6.45) is 2.81. The maximum Gasteiger partial charge on any atom is 0.242 e.